The zero-order valence-corrected chi connectivity index (χ0v) is 10.00. The molecule has 1 saturated heterocycles. The first-order chi connectivity index (χ1) is 8.30. The van der Waals surface area contributed by atoms with Crippen LogP contribution in [-0.4, -0.2) is 29.9 Å². The molecule has 0 saturated carbocycles. The maximum atomic E-state index is 13.4. The Balaban J connectivity index is 0.00000180. The summed E-state index contributed by atoms with van der Waals surface area (Å²) in [6, 6.07) is 0.655. The van der Waals surface area contributed by atoms with Crippen LogP contribution in [0.5, 0.6) is 0 Å². The molecule has 0 amide bonds. The SMILES string of the molecule is O=C([O-])C(c1ccc(F)cc1F)N1CC(F)(F)C1.[Li+]. The van der Waals surface area contributed by atoms with Crippen molar-refractivity contribution in [1.82, 2.24) is 4.90 Å². The van der Waals surface area contributed by atoms with Crippen molar-refractivity contribution in [3.63, 3.8) is 0 Å². The van der Waals surface area contributed by atoms with E-state index < -0.39 is 42.7 Å². The van der Waals surface area contributed by atoms with E-state index in [4.69, 9.17) is 0 Å². The van der Waals surface area contributed by atoms with Crippen LogP contribution in [0, 0.1) is 11.6 Å². The van der Waals surface area contributed by atoms with Gasteiger partial charge in [0.15, 0.2) is 0 Å². The van der Waals surface area contributed by atoms with E-state index in [9.17, 15) is 27.5 Å². The van der Waals surface area contributed by atoms with Crippen molar-refractivity contribution in [2.24, 2.45) is 0 Å². The predicted molar refractivity (Wildman–Crippen MR) is 50.6 cm³/mol. The van der Waals surface area contributed by atoms with Gasteiger partial charge in [0, 0.05) is 11.6 Å². The summed E-state index contributed by atoms with van der Waals surface area (Å²) < 4.78 is 51.5. The maximum absolute atomic E-state index is 13.4. The second-order valence-electron chi connectivity index (χ2n) is 4.15. The first kappa shape index (κ1) is 16.0. The van der Waals surface area contributed by atoms with E-state index in [1.54, 1.807) is 0 Å². The number of likely N-dealkylation sites (tertiary alicyclic amines) is 1. The molecule has 0 spiro atoms. The molecule has 3 nitrogen and oxygen atoms in total. The number of halogens is 4. The van der Waals surface area contributed by atoms with Gasteiger partial charge in [-0.15, -0.1) is 0 Å². The summed E-state index contributed by atoms with van der Waals surface area (Å²) in [6.07, 6.45) is 0. The fourth-order valence-corrected chi connectivity index (χ4v) is 1.93. The topological polar surface area (TPSA) is 43.4 Å². The third kappa shape index (κ3) is 3.29. The average molecular weight is 269 g/mol. The number of nitrogens with zero attached hydrogens (tertiary/aromatic N) is 1. The van der Waals surface area contributed by atoms with Gasteiger partial charge in [-0.05, 0) is 6.07 Å². The van der Waals surface area contributed by atoms with Crippen molar-refractivity contribution >= 4 is 5.97 Å². The van der Waals surface area contributed by atoms with Crippen LogP contribution in [0.3, 0.4) is 0 Å². The number of alkyl halides is 2. The number of carboxylic acid groups (broad SMARTS) is 1. The van der Waals surface area contributed by atoms with E-state index >= 15 is 0 Å². The Bertz CT molecular complexity index is 490. The Labute approximate surface area is 118 Å². The molecule has 98 valence electrons. The Hall–Kier alpha value is -1.03. The van der Waals surface area contributed by atoms with Gasteiger partial charge in [0.05, 0.1) is 25.1 Å². The van der Waals surface area contributed by atoms with Crippen LogP contribution in [0.1, 0.15) is 11.6 Å². The predicted octanol–water partition coefficient (Wildman–Crippen LogP) is -2.29. The molecule has 0 N–H and O–H groups in total. The summed E-state index contributed by atoms with van der Waals surface area (Å²) in [5.41, 5.74) is -0.383. The number of hydrogen-bond donors (Lipinski definition) is 0. The molecule has 0 bridgehead atoms. The number of aliphatic carboxylic acids is 1. The number of rotatable bonds is 3. The normalized spacial score (nSPS) is 19.2. The second-order valence-corrected chi connectivity index (χ2v) is 4.15. The number of carbonyl (C=O) groups is 1. The summed E-state index contributed by atoms with van der Waals surface area (Å²) >= 11 is 0. The van der Waals surface area contributed by atoms with E-state index in [2.05, 4.69) is 0 Å². The van der Waals surface area contributed by atoms with Crippen molar-refractivity contribution < 1.29 is 46.3 Å². The molecule has 19 heavy (non-hydrogen) atoms. The zero-order chi connectivity index (χ0) is 13.5. The largest absolute Gasteiger partial charge is 1.00 e. The molecule has 8 heteroatoms. The maximum Gasteiger partial charge on any atom is 1.00 e. The number of hydrogen-bond acceptors (Lipinski definition) is 3. The Morgan fingerprint density at radius 3 is 2.32 bits per heavy atom. The van der Waals surface area contributed by atoms with Crippen LogP contribution in [-0.2, 0) is 4.79 Å². The minimum atomic E-state index is -2.98. The van der Waals surface area contributed by atoms with Crippen molar-refractivity contribution in [3.05, 3.63) is 35.4 Å². The quantitative estimate of drug-likeness (QED) is 0.458. The summed E-state index contributed by atoms with van der Waals surface area (Å²) in [4.78, 5) is 11.8. The first-order valence-corrected chi connectivity index (χ1v) is 5.08. The van der Waals surface area contributed by atoms with Gasteiger partial charge in [-0.2, -0.15) is 0 Å². The average Bonchev–Trinajstić information content (AvgIpc) is 2.18. The number of benzene rings is 1. The molecule has 1 atom stereocenters. The van der Waals surface area contributed by atoms with Crippen molar-refractivity contribution in [2.75, 3.05) is 13.1 Å². The molecule has 1 heterocycles. The molecule has 0 aromatic heterocycles. The molecule has 1 aliphatic rings. The van der Waals surface area contributed by atoms with Gasteiger partial charge in [-0.25, -0.2) is 17.6 Å². The first-order valence-electron chi connectivity index (χ1n) is 5.08. The molecule has 2 rings (SSSR count). The van der Waals surface area contributed by atoms with Crippen molar-refractivity contribution in [2.45, 2.75) is 12.0 Å². The Morgan fingerprint density at radius 1 is 1.32 bits per heavy atom. The molecular formula is C11H8F4LiNO2. The molecule has 1 aromatic carbocycles. The Kier molecular flexibility index (Phi) is 4.66. The number of carbonyl (C=O) groups excluding carboxylic acids is 1. The Morgan fingerprint density at radius 2 is 1.89 bits per heavy atom. The van der Waals surface area contributed by atoms with Gasteiger partial charge >= 0.3 is 18.9 Å². The monoisotopic (exact) mass is 269 g/mol. The fourth-order valence-electron chi connectivity index (χ4n) is 1.93. The van der Waals surface area contributed by atoms with E-state index in [-0.39, 0.29) is 24.4 Å². The molecule has 0 radical (unpaired) electrons. The second kappa shape index (κ2) is 5.53. The molecule has 1 fully saturated rings. The molecule has 1 aromatic rings. The van der Waals surface area contributed by atoms with Gasteiger partial charge in [-0.1, -0.05) is 6.07 Å². The van der Waals surface area contributed by atoms with Crippen LogP contribution >= 0.6 is 0 Å². The van der Waals surface area contributed by atoms with Crippen LogP contribution in [0.4, 0.5) is 17.6 Å². The summed E-state index contributed by atoms with van der Waals surface area (Å²) in [6.45, 7) is -1.58. The van der Waals surface area contributed by atoms with E-state index in [0.717, 1.165) is 17.0 Å². The van der Waals surface area contributed by atoms with Crippen LogP contribution in [0.2, 0.25) is 0 Å². The van der Waals surface area contributed by atoms with Crippen LogP contribution < -0.4 is 24.0 Å². The molecule has 1 aliphatic heterocycles. The van der Waals surface area contributed by atoms with Gasteiger partial charge in [0.2, 0.25) is 0 Å². The summed E-state index contributed by atoms with van der Waals surface area (Å²) in [5, 5.41) is 10.9. The van der Waals surface area contributed by atoms with Gasteiger partial charge in [0.1, 0.15) is 11.6 Å². The van der Waals surface area contributed by atoms with Crippen LogP contribution in [0.15, 0.2) is 18.2 Å². The summed E-state index contributed by atoms with van der Waals surface area (Å²) in [5.74, 6) is -6.65. The standard InChI is InChI=1S/C11H9F4NO2.Li/c12-6-1-2-7(8(13)3-6)9(10(17)18)16-4-11(14,15)5-16;/h1-3,9H,4-5H2,(H,17,18);/q;+1/p-1. The minimum Gasteiger partial charge on any atom is -0.548 e. The van der Waals surface area contributed by atoms with Crippen LogP contribution in [0.25, 0.3) is 0 Å². The van der Waals surface area contributed by atoms with Crippen molar-refractivity contribution in [1.29, 1.82) is 0 Å². The third-order valence-corrected chi connectivity index (χ3v) is 2.71. The van der Waals surface area contributed by atoms with E-state index in [0.29, 0.717) is 6.07 Å². The van der Waals surface area contributed by atoms with Gasteiger partial charge < -0.3 is 9.90 Å². The van der Waals surface area contributed by atoms with Crippen molar-refractivity contribution in [3.8, 4) is 0 Å². The minimum absolute atomic E-state index is 0. The van der Waals surface area contributed by atoms with Gasteiger partial charge in [0.25, 0.3) is 5.92 Å². The molecule has 0 aliphatic carbocycles. The molecule has 1 unspecified atom stereocenters. The van der Waals surface area contributed by atoms with E-state index in [1.165, 1.54) is 0 Å². The number of carboxylic acids is 1. The smallest absolute Gasteiger partial charge is 0.548 e. The fraction of sp³-hybridized carbons (Fsp3) is 0.364. The van der Waals surface area contributed by atoms with Gasteiger partial charge in [-0.3, -0.25) is 4.90 Å². The third-order valence-electron chi connectivity index (χ3n) is 2.71. The van der Waals surface area contributed by atoms with E-state index in [1.807, 2.05) is 0 Å². The summed E-state index contributed by atoms with van der Waals surface area (Å²) in [7, 11) is 0. The zero-order valence-electron chi connectivity index (χ0n) is 10.00. The molecular weight excluding hydrogens is 261 g/mol.